The normalized spacial score (nSPS) is 20.1. The monoisotopic (exact) mass is 705 g/mol. The Balaban J connectivity index is 0.859. The van der Waals surface area contributed by atoms with Crippen LogP contribution >= 0.6 is 15.9 Å². The largest absolute Gasteiger partial charge is 0.457 e. The second-order valence-corrected chi connectivity index (χ2v) is 13.3. The van der Waals surface area contributed by atoms with Gasteiger partial charge in [0.25, 0.3) is 0 Å². The highest BCUT2D eigenvalue weighted by atomic mass is 79.9. The van der Waals surface area contributed by atoms with Crippen LogP contribution in [-0.2, 0) is 19.1 Å². The number of hydrogen-bond donors (Lipinski definition) is 0. The van der Waals surface area contributed by atoms with E-state index in [0.29, 0.717) is 36.9 Å². The van der Waals surface area contributed by atoms with Crippen molar-refractivity contribution < 1.29 is 33.4 Å². The number of rotatable bonds is 11. The lowest BCUT2D eigenvalue weighted by Crippen LogP contribution is -2.41. The number of ether oxygens (including phenoxy) is 2. The summed E-state index contributed by atoms with van der Waals surface area (Å²) in [7, 11) is 0. The van der Waals surface area contributed by atoms with Crippen LogP contribution in [0, 0.1) is 11.8 Å². The van der Waals surface area contributed by atoms with Gasteiger partial charge < -0.3 is 9.47 Å². The van der Waals surface area contributed by atoms with E-state index in [2.05, 4.69) is 40.2 Å². The Hall–Kier alpha value is -4.89. The van der Waals surface area contributed by atoms with Gasteiger partial charge in [0.05, 0.1) is 17.4 Å². The number of esters is 2. The minimum atomic E-state index is -0.518. The highest BCUT2D eigenvalue weighted by molar-refractivity contribution is 9.10. The predicted molar refractivity (Wildman–Crippen MR) is 180 cm³/mol. The van der Waals surface area contributed by atoms with Crippen molar-refractivity contribution in [2.75, 3.05) is 13.2 Å². The summed E-state index contributed by atoms with van der Waals surface area (Å²) in [6.07, 6.45) is 1.84. The summed E-state index contributed by atoms with van der Waals surface area (Å²) in [4.78, 5) is 66.1. The first-order valence-corrected chi connectivity index (χ1v) is 16.9. The molecular weight excluding hydrogens is 674 g/mol. The Morgan fingerprint density at radius 1 is 0.646 bits per heavy atom. The van der Waals surface area contributed by atoms with Gasteiger partial charge in [-0.25, -0.2) is 4.79 Å². The molecule has 8 nitrogen and oxygen atoms in total. The topological polar surface area (TPSA) is 107 Å². The maximum atomic E-state index is 13.7. The van der Waals surface area contributed by atoms with Crippen molar-refractivity contribution in [1.82, 2.24) is 4.90 Å². The number of likely N-dealkylation sites (tertiary alicyclic amines) is 1. The standard InChI is InChI=1S/C39H32BrNO7/c40-25-17-13-24(14-18-25)39(46)48-26-19-15-23(16-20-26)31(42)22-47-32(43)12-2-1-7-21-41-37(44)35-33-27-8-3-4-9-28(27)34(36(35)38(41)45)30-11-6-5-10-29(30)33/h3-6,8-11,13-20,33-36H,1-2,7,12,21-22H2/t33?,34?,35-,36+. The third-order valence-corrected chi connectivity index (χ3v) is 10.2. The number of benzene rings is 4. The Morgan fingerprint density at radius 3 is 1.71 bits per heavy atom. The molecule has 8 rings (SSSR count). The summed E-state index contributed by atoms with van der Waals surface area (Å²) in [5.41, 5.74) is 5.32. The number of imide groups is 1. The molecular formula is C39H32BrNO7. The van der Waals surface area contributed by atoms with Gasteiger partial charge in [-0.05, 0) is 83.6 Å². The average molecular weight is 707 g/mol. The molecule has 0 unspecified atom stereocenters. The Bertz CT molecular complexity index is 1800. The van der Waals surface area contributed by atoms with Crippen LogP contribution in [0.2, 0.25) is 0 Å². The summed E-state index contributed by atoms with van der Waals surface area (Å²) < 4.78 is 11.4. The molecule has 2 amide bonds. The molecule has 242 valence electrons. The second kappa shape index (κ2) is 13.3. The van der Waals surface area contributed by atoms with Crippen molar-refractivity contribution >= 4 is 45.5 Å². The minimum absolute atomic E-state index is 0.0993. The van der Waals surface area contributed by atoms with Crippen LogP contribution in [0.3, 0.4) is 0 Å². The summed E-state index contributed by atoms with van der Waals surface area (Å²) in [5, 5.41) is 0. The van der Waals surface area contributed by atoms with Gasteiger partial charge in [-0.1, -0.05) is 70.9 Å². The van der Waals surface area contributed by atoms with Crippen LogP contribution in [-0.4, -0.2) is 47.6 Å². The molecule has 4 aromatic carbocycles. The van der Waals surface area contributed by atoms with E-state index in [1.165, 1.54) is 29.2 Å². The van der Waals surface area contributed by atoms with Crippen LogP contribution in [0.1, 0.15) is 80.5 Å². The molecule has 1 saturated heterocycles. The van der Waals surface area contributed by atoms with E-state index in [-0.39, 0.29) is 53.4 Å². The molecule has 4 aliphatic rings. The van der Waals surface area contributed by atoms with Crippen molar-refractivity contribution in [1.29, 1.82) is 0 Å². The maximum Gasteiger partial charge on any atom is 0.343 e. The van der Waals surface area contributed by atoms with Crippen molar-refractivity contribution in [3.63, 3.8) is 0 Å². The minimum Gasteiger partial charge on any atom is -0.457 e. The van der Waals surface area contributed by atoms with Gasteiger partial charge >= 0.3 is 11.9 Å². The van der Waals surface area contributed by atoms with Crippen molar-refractivity contribution in [3.8, 4) is 5.75 Å². The van der Waals surface area contributed by atoms with Gasteiger partial charge in [-0.2, -0.15) is 0 Å². The lowest BCUT2D eigenvalue weighted by atomic mass is 9.55. The van der Waals surface area contributed by atoms with E-state index in [1.54, 1.807) is 24.3 Å². The number of nitrogens with zero attached hydrogens (tertiary/aromatic N) is 1. The summed E-state index contributed by atoms with van der Waals surface area (Å²) in [6.45, 7) is -0.0811. The smallest absolute Gasteiger partial charge is 0.343 e. The van der Waals surface area contributed by atoms with Gasteiger partial charge in [-0.3, -0.25) is 24.1 Å². The van der Waals surface area contributed by atoms with Gasteiger partial charge in [0.15, 0.2) is 12.4 Å². The average Bonchev–Trinajstić information content (AvgIpc) is 3.36. The second-order valence-electron chi connectivity index (χ2n) is 12.4. The summed E-state index contributed by atoms with van der Waals surface area (Å²) in [6, 6.07) is 29.2. The first-order valence-electron chi connectivity index (χ1n) is 16.1. The van der Waals surface area contributed by atoms with Crippen molar-refractivity contribution in [2.24, 2.45) is 11.8 Å². The number of carbonyl (C=O) groups excluding carboxylic acids is 5. The van der Waals surface area contributed by atoms with Gasteiger partial charge in [0, 0.05) is 34.8 Å². The van der Waals surface area contributed by atoms with E-state index in [9.17, 15) is 24.0 Å². The Morgan fingerprint density at radius 2 is 1.17 bits per heavy atom. The SMILES string of the molecule is O=C(CCCCCN1C(=O)[C@@H]2C3c4ccccc4C(c4ccccc43)[C@@H]2C1=O)OCC(=O)c1ccc(OC(=O)c2ccc(Br)cc2)cc1. The van der Waals surface area contributed by atoms with E-state index < -0.39 is 18.5 Å². The third kappa shape index (κ3) is 5.87. The molecule has 0 radical (unpaired) electrons. The van der Waals surface area contributed by atoms with E-state index in [0.717, 1.165) is 26.7 Å². The summed E-state index contributed by atoms with van der Waals surface area (Å²) >= 11 is 3.32. The van der Waals surface area contributed by atoms with E-state index in [1.807, 2.05) is 24.3 Å². The molecule has 9 heteroatoms. The molecule has 2 atom stereocenters. The van der Waals surface area contributed by atoms with Crippen LogP contribution in [0.25, 0.3) is 0 Å². The number of carbonyl (C=O) groups is 5. The molecule has 2 bridgehead atoms. The zero-order chi connectivity index (χ0) is 33.4. The fourth-order valence-electron chi connectivity index (χ4n) is 7.44. The quantitative estimate of drug-likeness (QED) is 0.0553. The maximum absolute atomic E-state index is 13.7. The van der Waals surface area contributed by atoms with Gasteiger partial charge in [-0.15, -0.1) is 0 Å². The zero-order valence-corrected chi connectivity index (χ0v) is 27.6. The van der Waals surface area contributed by atoms with Crippen molar-refractivity contribution in [3.05, 3.63) is 135 Å². The van der Waals surface area contributed by atoms with Crippen LogP contribution in [0.5, 0.6) is 5.75 Å². The molecule has 0 saturated carbocycles. The molecule has 48 heavy (non-hydrogen) atoms. The molecule has 4 aromatic rings. The number of hydrogen-bond acceptors (Lipinski definition) is 7. The fraction of sp³-hybridized carbons (Fsp3) is 0.256. The first-order chi connectivity index (χ1) is 23.3. The third-order valence-electron chi connectivity index (χ3n) is 9.63. The van der Waals surface area contributed by atoms with Gasteiger partial charge in [0.2, 0.25) is 11.8 Å². The summed E-state index contributed by atoms with van der Waals surface area (Å²) in [5.74, 6) is -2.31. The molecule has 0 aromatic heterocycles. The number of halogens is 1. The van der Waals surface area contributed by atoms with Crippen LogP contribution in [0.4, 0.5) is 0 Å². The van der Waals surface area contributed by atoms with Crippen molar-refractivity contribution in [2.45, 2.75) is 37.5 Å². The number of unbranched alkanes of at least 4 members (excludes halogenated alkanes) is 2. The molecule has 1 fully saturated rings. The number of ketones is 1. The Kier molecular flexibility index (Phi) is 8.79. The number of Topliss-reactive ketones (excluding diaryl/α,β-unsaturated/α-hetero) is 1. The molecule has 0 N–H and O–H groups in total. The molecule has 0 spiro atoms. The van der Waals surface area contributed by atoms with E-state index in [4.69, 9.17) is 9.47 Å². The highest BCUT2D eigenvalue weighted by Crippen LogP contribution is 2.60. The predicted octanol–water partition coefficient (Wildman–Crippen LogP) is 6.85. The fourth-order valence-corrected chi connectivity index (χ4v) is 7.70. The first kappa shape index (κ1) is 31.7. The van der Waals surface area contributed by atoms with Crippen LogP contribution < -0.4 is 4.74 Å². The lowest BCUT2D eigenvalue weighted by molar-refractivity contribution is -0.143. The number of amides is 2. The molecule has 1 heterocycles. The van der Waals surface area contributed by atoms with Gasteiger partial charge in [0.1, 0.15) is 5.75 Å². The Labute approximate surface area is 286 Å². The molecule has 1 aliphatic heterocycles. The zero-order valence-electron chi connectivity index (χ0n) is 26.0. The van der Waals surface area contributed by atoms with E-state index >= 15 is 0 Å². The molecule has 3 aliphatic carbocycles. The highest BCUT2D eigenvalue weighted by Gasteiger charge is 2.61. The van der Waals surface area contributed by atoms with Crippen LogP contribution in [0.15, 0.2) is 102 Å². The lowest BCUT2D eigenvalue weighted by Gasteiger charge is -2.45.